The molecule has 0 rings (SSSR count). The van der Waals surface area contributed by atoms with Gasteiger partial charge in [0.1, 0.15) is 19.0 Å². The first-order chi connectivity index (χ1) is 10.6. The number of ether oxygens (including phenoxy) is 3. The Labute approximate surface area is 135 Å². The molecule has 0 atom stereocenters. The molecule has 0 aromatic rings. The van der Waals surface area contributed by atoms with Crippen LogP contribution in [-0.4, -0.2) is 46.0 Å². The minimum atomic E-state index is -0.124. The lowest BCUT2D eigenvalue weighted by Crippen LogP contribution is -2.23. The Bertz CT molecular complexity index is 338. The Balaban J connectivity index is 0. The molecule has 0 aromatic heterocycles. The maximum Gasteiger partial charge on any atom is 0.245 e. The lowest BCUT2D eigenvalue weighted by atomic mass is 10.3. The Kier molecular flexibility index (Phi) is 18.0. The van der Waals surface area contributed by atoms with E-state index >= 15 is 0 Å². The van der Waals surface area contributed by atoms with E-state index in [1.54, 1.807) is 13.1 Å². The summed E-state index contributed by atoms with van der Waals surface area (Å²) in [6, 6.07) is 0. The Morgan fingerprint density at radius 1 is 1.05 bits per heavy atom. The normalized spacial score (nSPS) is 9.82. The summed E-state index contributed by atoms with van der Waals surface area (Å²) in [4.78, 5) is 10.8. The van der Waals surface area contributed by atoms with Crippen LogP contribution >= 0.6 is 0 Å². The van der Waals surface area contributed by atoms with Crippen LogP contribution in [0.5, 0.6) is 0 Å². The van der Waals surface area contributed by atoms with Gasteiger partial charge in [0.25, 0.3) is 0 Å². The number of hydrogen-bond donors (Lipinski definition) is 1. The van der Waals surface area contributed by atoms with Crippen LogP contribution < -0.4 is 5.32 Å². The number of nitrogens with one attached hydrogen (secondary N) is 1. The first-order valence-electron chi connectivity index (χ1n) is 7.57. The fourth-order valence-corrected chi connectivity index (χ4v) is 1.12. The molecule has 5 nitrogen and oxygen atoms in total. The Morgan fingerprint density at radius 3 is 2.27 bits per heavy atom. The zero-order valence-electron chi connectivity index (χ0n) is 14.4. The summed E-state index contributed by atoms with van der Waals surface area (Å²) >= 11 is 0. The highest BCUT2D eigenvalue weighted by molar-refractivity contribution is 5.76. The number of amides is 1. The molecule has 0 saturated carbocycles. The number of rotatable bonds is 12. The first-order valence-corrected chi connectivity index (χ1v) is 7.57. The third-order valence-electron chi connectivity index (χ3n) is 2.16. The number of carbonyl (C=O) groups is 1. The smallest absolute Gasteiger partial charge is 0.245 e. The second-order valence-electron chi connectivity index (χ2n) is 4.19. The van der Waals surface area contributed by atoms with E-state index < -0.39 is 0 Å². The van der Waals surface area contributed by atoms with E-state index in [2.05, 4.69) is 18.5 Å². The molecule has 0 bridgehead atoms. The Morgan fingerprint density at radius 2 is 1.68 bits per heavy atom. The summed E-state index contributed by atoms with van der Waals surface area (Å²) in [7, 11) is 1.58. The van der Waals surface area contributed by atoms with Crippen molar-refractivity contribution in [3.63, 3.8) is 0 Å². The highest BCUT2D eigenvalue weighted by Gasteiger charge is 1.97. The molecule has 0 unspecified atom stereocenters. The maximum atomic E-state index is 10.8. The van der Waals surface area contributed by atoms with Crippen LogP contribution in [0.25, 0.3) is 0 Å². The second-order valence-corrected chi connectivity index (χ2v) is 4.19. The molecule has 5 heteroatoms. The number of hydrogen-bond acceptors (Lipinski definition) is 4. The van der Waals surface area contributed by atoms with Crippen molar-refractivity contribution in [3.8, 4) is 0 Å². The van der Waals surface area contributed by atoms with Gasteiger partial charge in [-0.2, -0.15) is 0 Å². The molecular formula is C17H31NO4. The predicted octanol–water partition coefficient (Wildman–Crippen LogP) is 2.84. The van der Waals surface area contributed by atoms with E-state index in [-0.39, 0.29) is 12.5 Å². The zero-order chi connectivity index (χ0) is 17.2. The van der Waals surface area contributed by atoms with E-state index in [9.17, 15) is 4.79 Å². The molecule has 128 valence electrons. The van der Waals surface area contributed by atoms with Crippen molar-refractivity contribution in [3.05, 3.63) is 36.6 Å². The molecule has 0 aliphatic carbocycles. The van der Waals surface area contributed by atoms with Gasteiger partial charge in [0.15, 0.2) is 0 Å². The molecule has 22 heavy (non-hydrogen) atoms. The summed E-state index contributed by atoms with van der Waals surface area (Å²) in [5.41, 5.74) is 0.947. The zero-order valence-corrected chi connectivity index (χ0v) is 14.4. The average Bonchev–Trinajstić information content (AvgIpc) is 2.52. The molecule has 0 radical (unpaired) electrons. The number of allylic oxidation sites excluding steroid dienone is 3. The van der Waals surface area contributed by atoms with Gasteiger partial charge in [-0.3, -0.25) is 4.79 Å². The molecule has 0 saturated heterocycles. The maximum absolute atomic E-state index is 10.8. The van der Waals surface area contributed by atoms with Gasteiger partial charge in [-0.05, 0) is 19.4 Å². The monoisotopic (exact) mass is 313 g/mol. The average molecular weight is 313 g/mol. The van der Waals surface area contributed by atoms with Gasteiger partial charge in [0.05, 0.1) is 6.61 Å². The van der Waals surface area contributed by atoms with Gasteiger partial charge in [-0.25, -0.2) is 0 Å². The molecule has 1 N–H and O–H groups in total. The fourth-order valence-electron chi connectivity index (χ4n) is 1.12. The molecule has 0 spiro atoms. The topological polar surface area (TPSA) is 56.8 Å². The third kappa shape index (κ3) is 18.4. The van der Waals surface area contributed by atoms with Gasteiger partial charge in [-0.15, -0.1) is 0 Å². The summed E-state index contributed by atoms with van der Waals surface area (Å²) < 4.78 is 15.8. The van der Waals surface area contributed by atoms with E-state index in [1.165, 1.54) is 0 Å². The van der Waals surface area contributed by atoms with E-state index in [0.29, 0.717) is 32.2 Å². The fraction of sp³-hybridized carbons (Fsp3) is 0.588. The minimum Gasteiger partial charge on any atom is -0.492 e. The summed E-state index contributed by atoms with van der Waals surface area (Å²) in [5.74, 6) is 0.464. The summed E-state index contributed by atoms with van der Waals surface area (Å²) in [5, 5.41) is 2.48. The molecule has 0 fully saturated rings. The van der Waals surface area contributed by atoms with E-state index in [1.807, 2.05) is 26.8 Å². The van der Waals surface area contributed by atoms with Crippen LogP contribution in [-0.2, 0) is 19.0 Å². The van der Waals surface area contributed by atoms with Gasteiger partial charge in [0.2, 0.25) is 5.91 Å². The Hall–Kier alpha value is -1.59. The molecule has 0 aromatic carbocycles. The minimum absolute atomic E-state index is 0.0918. The van der Waals surface area contributed by atoms with Crippen LogP contribution in [0.4, 0.5) is 0 Å². The van der Waals surface area contributed by atoms with Crippen LogP contribution in [0, 0.1) is 0 Å². The van der Waals surface area contributed by atoms with Gasteiger partial charge in [0, 0.05) is 20.3 Å². The largest absolute Gasteiger partial charge is 0.492 e. The van der Waals surface area contributed by atoms with Gasteiger partial charge in [-0.1, -0.05) is 38.7 Å². The van der Waals surface area contributed by atoms with Gasteiger partial charge < -0.3 is 19.5 Å². The first kappa shape index (κ1) is 22.7. The second kappa shape index (κ2) is 17.5. The predicted molar refractivity (Wildman–Crippen MR) is 90.7 cm³/mol. The van der Waals surface area contributed by atoms with Crippen molar-refractivity contribution in [1.29, 1.82) is 0 Å². The highest BCUT2D eigenvalue weighted by Crippen LogP contribution is 1.99. The molecule has 0 aliphatic rings. The van der Waals surface area contributed by atoms with Crippen molar-refractivity contribution in [2.24, 2.45) is 0 Å². The van der Waals surface area contributed by atoms with Crippen molar-refractivity contribution in [2.75, 3.05) is 40.1 Å². The standard InChI is InChI=1S/C15H25NO4.C2H6/c1-13(2)6-7-14(3)20-11-10-18-8-5-9-19-12-15(17)16-4;1-2/h6-7H,1,3,5,8-12H2,2,4H3,(H,16,17);1-2H3/b7-6-;. The molecule has 1 amide bonds. The van der Waals surface area contributed by atoms with Crippen molar-refractivity contribution >= 4 is 5.91 Å². The molecular weight excluding hydrogens is 282 g/mol. The lowest BCUT2D eigenvalue weighted by Gasteiger charge is -2.07. The van der Waals surface area contributed by atoms with Gasteiger partial charge >= 0.3 is 0 Å². The van der Waals surface area contributed by atoms with Crippen LogP contribution in [0.1, 0.15) is 27.2 Å². The van der Waals surface area contributed by atoms with Crippen molar-refractivity contribution in [2.45, 2.75) is 27.2 Å². The quantitative estimate of drug-likeness (QED) is 0.342. The number of carbonyl (C=O) groups excluding carboxylic acids is 1. The van der Waals surface area contributed by atoms with Crippen LogP contribution in [0.15, 0.2) is 36.6 Å². The van der Waals surface area contributed by atoms with E-state index in [0.717, 1.165) is 12.0 Å². The van der Waals surface area contributed by atoms with Crippen molar-refractivity contribution < 1.29 is 19.0 Å². The molecule has 0 heterocycles. The summed E-state index contributed by atoms with van der Waals surface area (Å²) in [6.45, 7) is 15.5. The summed E-state index contributed by atoms with van der Waals surface area (Å²) in [6.07, 6.45) is 4.36. The SMILES string of the molecule is C=C(C)/C=C\C(=C)OCCOCCCOCC(=O)NC.CC. The number of likely N-dealkylation sites (N-methyl/N-ethyl adjacent to an activating group) is 1. The van der Waals surface area contributed by atoms with Crippen LogP contribution in [0.2, 0.25) is 0 Å². The lowest BCUT2D eigenvalue weighted by molar-refractivity contribution is -0.125. The molecule has 0 aliphatic heterocycles. The van der Waals surface area contributed by atoms with E-state index in [4.69, 9.17) is 14.2 Å². The highest BCUT2D eigenvalue weighted by atomic mass is 16.5. The van der Waals surface area contributed by atoms with Crippen LogP contribution in [0.3, 0.4) is 0 Å². The van der Waals surface area contributed by atoms with Crippen molar-refractivity contribution in [1.82, 2.24) is 5.32 Å². The third-order valence-corrected chi connectivity index (χ3v) is 2.16.